The van der Waals surface area contributed by atoms with Gasteiger partial charge in [-0.15, -0.1) is 0 Å². The average Bonchev–Trinajstić information content (AvgIpc) is 2.35. The van der Waals surface area contributed by atoms with Crippen molar-refractivity contribution in [1.29, 1.82) is 0 Å². The fraction of sp³-hybridized carbons (Fsp3) is 0.429. The van der Waals surface area contributed by atoms with E-state index in [0.717, 1.165) is 12.1 Å². The highest BCUT2D eigenvalue weighted by Crippen LogP contribution is 2.09. The minimum atomic E-state index is -1.00. The lowest BCUT2D eigenvalue weighted by atomic mass is 10.1. The minimum absolute atomic E-state index is 0.249. The van der Waals surface area contributed by atoms with Crippen LogP contribution in [-0.2, 0) is 11.3 Å². The first kappa shape index (κ1) is 15.2. The predicted octanol–water partition coefficient (Wildman–Crippen LogP) is 1.29. The van der Waals surface area contributed by atoms with Crippen LogP contribution in [0.1, 0.15) is 22.8 Å². The first-order valence-corrected chi connectivity index (χ1v) is 6.18. The molecular weight excluding hydrogens is 244 g/mol. The highest BCUT2D eigenvalue weighted by Gasteiger charge is 2.16. The molecule has 0 spiro atoms. The fourth-order valence-electron chi connectivity index (χ4n) is 1.79. The average molecular weight is 264 g/mol. The lowest BCUT2D eigenvalue weighted by molar-refractivity contribution is -0.137. The van der Waals surface area contributed by atoms with Crippen molar-refractivity contribution in [3.05, 3.63) is 35.4 Å². The molecule has 0 unspecified atom stereocenters. The molecule has 1 rings (SSSR count). The van der Waals surface area contributed by atoms with Crippen molar-refractivity contribution in [2.24, 2.45) is 0 Å². The third-order valence-electron chi connectivity index (χ3n) is 2.69. The Balaban J connectivity index is 2.78. The second-order valence-corrected chi connectivity index (χ2v) is 4.65. The fourth-order valence-corrected chi connectivity index (χ4v) is 1.79. The molecule has 0 aliphatic carbocycles. The van der Waals surface area contributed by atoms with Gasteiger partial charge in [-0.3, -0.25) is 9.59 Å². The number of amides is 1. The maximum absolute atomic E-state index is 12.1. The molecule has 5 nitrogen and oxygen atoms in total. The largest absolute Gasteiger partial charge is 0.480 e. The minimum Gasteiger partial charge on any atom is -0.480 e. The van der Waals surface area contributed by atoms with E-state index in [1.807, 2.05) is 31.1 Å². The lowest BCUT2D eigenvalue weighted by Crippen LogP contribution is -2.35. The molecule has 19 heavy (non-hydrogen) atoms. The van der Waals surface area contributed by atoms with Crippen LogP contribution in [0.4, 0.5) is 0 Å². The SMILES string of the molecule is CCN(CC(=O)O)C(=O)c1ccc(CN(C)C)cc1. The number of carboxylic acids is 1. The first-order valence-electron chi connectivity index (χ1n) is 6.18. The number of hydrogen-bond donors (Lipinski definition) is 1. The zero-order valence-electron chi connectivity index (χ0n) is 11.6. The smallest absolute Gasteiger partial charge is 0.323 e. The summed E-state index contributed by atoms with van der Waals surface area (Å²) in [6.07, 6.45) is 0. The predicted molar refractivity (Wildman–Crippen MR) is 73.0 cm³/mol. The standard InChI is InChI=1S/C14H20N2O3/c1-4-16(10-13(17)18)14(19)12-7-5-11(6-8-12)9-15(2)3/h5-8H,4,9-10H2,1-3H3,(H,17,18). The van der Waals surface area contributed by atoms with E-state index in [1.165, 1.54) is 4.90 Å². The zero-order valence-corrected chi connectivity index (χ0v) is 11.6. The molecule has 0 heterocycles. The Labute approximate surface area is 113 Å². The van der Waals surface area contributed by atoms with Gasteiger partial charge in [-0.2, -0.15) is 0 Å². The van der Waals surface area contributed by atoms with Crippen molar-refractivity contribution in [2.45, 2.75) is 13.5 Å². The number of likely N-dealkylation sites (N-methyl/N-ethyl adjacent to an activating group) is 1. The van der Waals surface area contributed by atoms with Gasteiger partial charge in [-0.05, 0) is 38.7 Å². The van der Waals surface area contributed by atoms with Crippen molar-refractivity contribution < 1.29 is 14.7 Å². The van der Waals surface area contributed by atoms with Crippen LogP contribution in [0.2, 0.25) is 0 Å². The van der Waals surface area contributed by atoms with Crippen molar-refractivity contribution in [1.82, 2.24) is 9.80 Å². The van der Waals surface area contributed by atoms with Gasteiger partial charge in [0.15, 0.2) is 0 Å². The molecule has 1 amide bonds. The molecule has 1 aromatic carbocycles. The summed E-state index contributed by atoms with van der Waals surface area (Å²) < 4.78 is 0. The van der Waals surface area contributed by atoms with Crippen molar-refractivity contribution in [3.8, 4) is 0 Å². The van der Waals surface area contributed by atoms with Crippen LogP contribution >= 0.6 is 0 Å². The van der Waals surface area contributed by atoms with E-state index in [-0.39, 0.29) is 12.5 Å². The molecule has 0 atom stereocenters. The highest BCUT2D eigenvalue weighted by atomic mass is 16.4. The zero-order chi connectivity index (χ0) is 14.4. The quantitative estimate of drug-likeness (QED) is 0.841. The maximum atomic E-state index is 12.1. The molecule has 0 aromatic heterocycles. The van der Waals surface area contributed by atoms with Gasteiger partial charge in [-0.1, -0.05) is 12.1 Å². The summed E-state index contributed by atoms with van der Waals surface area (Å²) in [6, 6.07) is 7.26. The normalized spacial score (nSPS) is 10.5. The van der Waals surface area contributed by atoms with Crippen molar-refractivity contribution >= 4 is 11.9 Å². The van der Waals surface area contributed by atoms with Gasteiger partial charge in [0.1, 0.15) is 6.54 Å². The maximum Gasteiger partial charge on any atom is 0.323 e. The monoisotopic (exact) mass is 264 g/mol. The van der Waals surface area contributed by atoms with Gasteiger partial charge in [0.2, 0.25) is 0 Å². The third-order valence-corrected chi connectivity index (χ3v) is 2.69. The van der Waals surface area contributed by atoms with Gasteiger partial charge in [0, 0.05) is 18.7 Å². The van der Waals surface area contributed by atoms with Crippen molar-refractivity contribution in [2.75, 3.05) is 27.2 Å². The van der Waals surface area contributed by atoms with Crippen LogP contribution in [0.15, 0.2) is 24.3 Å². The second-order valence-electron chi connectivity index (χ2n) is 4.65. The number of rotatable bonds is 6. The van der Waals surface area contributed by atoms with Gasteiger partial charge in [0.05, 0.1) is 0 Å². The summed E-state index contributed by atoms with van der Waals surface area (Å²) in [5.41, 5.74) is 1.63. The van der Waals surface area contributed by atoms with E-state index in [2.05, 4.69) is 0 Å². The van der Waals surface area contributed by atoms with Crippen LogP contribution in [0.5, 0.6) is 0 Å². The number of carbonyl (C=O) groups is 2. The molecule has 104 valence electrons. The van der Waals surface area contributed by atoms with E-state index in [4.69, 9.17) is 5.11 Å². The summed E-state index contributed by atoms with van der Waals surface area (Å²) in [4.78, 5) is 26.1. The van der Waals surface area contributed by atoms with Crippen LogP contribution < -0.4 is 0 Å². The number of carboxylic acid groups (broad SMARTS) is 1. The molecule has 5 heteroatoms. The molecule has 0 saturated heterocycles. The van der Waals surface area contributed by atoms with Crippen LogP contribution in [0.25, 0.3) is 0 Å². The number of aliphatic carboxylic acids is 1. The molecule has 0 bridgehead atoms. The van der Waals surface area contributed by atoms with Crippen LogP contribution in [0.3, 0.4) is 0 Å². The first-order chi connectivity index (χ1) is 8.93. The molecule has 0 fully saturated rings. The summed E-state index contributed by atoms with van der Waals surface area (Å²) in [7, 11) is 3.95. The second kappa shape index (κ2) is 6.89. The number of hydrogen-bond acceptors (Lipinski definition) is 3. The number of benzene rings is 1. The molecule has 0 aliphatic heterocycles. The van der Waals surface area contributed by atoms with Gasteiger partial charge >= 0.3 is 5.97 Å². The van der Waals surface area contributed by atoms with E-state index < -0.39 is 5.97 Å². The summed E-state index contributed by atoms with van der Waals surface area (Å²) in [5.74, 6) is -1.25. The molecular formula is C14H20N2O3. The lowest BCUT2D eigenvalue weighted by Gasteiger charge is -2.18. The van der Waals surface area contributed by atoms with Gasteiger partial charge < -0.3 is 14.9 Å². The summed E-state index contributed by atoms with van der Waals surface area (Å²) >= 11 is 0. The Kier molecular flexibility index (Phi) is 5.51. The van der Waals surface area contributed by atoms with Gasteiger partial charge in [-0.25, -0.2) is 0 Å². The van der Waals surface area contributed by atoms with Crippen LogP contribution in [0, 0.1) is 0 Å². The third kappa shape index (κ3) is 4.71. The van der Waals surface area contributed by atoms with E-state index >= 15 is 0 Å². The number of nitrogens with zero attached hydrogens (tertiary/aromatic N) is 2. The Morgan fingerprint density at radius 2 is 1.74 bits per heavy atom. The Hall–Kier alpha value is -1.88. The van der Waals surface area contributed by atoms with Crippen LogP contribution in [-0.4, -0.2) is 54.0 Å². The van der Waals surface area contributed by atoms with Crippen molar-refractivity contribution in [3.63, 3.8) is 0 Å². The molecule has 0 aliphatic rings. The molecule has 0 saturated carbocycles. The topological polar surface area (TPSA) is 60.9 Å². The molecule has 0 radical (unpaired) electrons. The van der Waals surface area contributed by atoms with E-state index in [9.17, 15) is 9.59 Å². The highest BCUT2D eigenvalue weighted by molar-refractivity contribution is 5.95. The van der Waals surface area contributed by atoms with E-state index in [0.29, 0.717) is 12.1 Å². The van der Waals surface area contributed by atoms with E-state index in [1.54, 1.807) is 19.1 Å². The Bertz CT molecular complexity index is 441. The Morgan fingerprint density at radius 3 is 2.16 bits per heavy atom. The molecule has 1 N–H and O–H groups in total. The summed E-state index contributed by atoms with van der Waals surface area (Å²) in [6.45, 7) is 2.68. The van der Waals surface area contributed by atoms with Gasteiger partial charge in [0.25, 0.3) is 5.91 Å². The molecule has 1 aromatic rings. The Morgan fingerprint density at radius 1 is 1.16 bits per heavy atom. The summed E-state index contributed by atoms with van der Waals surface area (Å²) in [5, 5.41) is 8.75. The number of carbonyl (C=O) groups excluding carboxylic acids is 1.